The highest BCUT2D eigenvalue weighted by Crippen LogP contribution is 2.21. The molecule has 3 rings (SSSR count). The lowest BCUT2D eigenvalue weighted by molar-refractivity contribution is 0.345. The van der Waals surface area contributed by atoms with Gasteiger partial charge < -0.3 is 14.6 Å². The second-order valence-electron chi connectivity index (χ2n) is 5.91. The van der Waals surface area contributed by atoms with Crippen LogP contribution in [0.4, 0.5) is 5.82 Å². The van der Waals surface area contributed by atoms with E-state index in [0.29, 0.717) is 6.04 Å². The first-order valence-corrected chi connectivity index (χ1v) is 8.13. The average Bonchev–Trinajstić information content (AvgIpc) is 3.05. The summed E-state index contributed by atoms with van der Waals surface area (Å²) in [5, 5.41) is 11.9. The van der Waals surface area contributed by atoms with E-state index in [4.69, 9.17) is 4.42 Å². The number of nitrogens with zero attached hydrogens (tertiary/aromatic N) is 3. The Bertz CT molecular complexity index is 583. The number of furan rings is 1. The lowest BCUT2D eigenvalue weighted by Crippen LogP contribution is -2.46. The second kappa shape index (κ2) is 6.92. The summed E-state index contributed by atoms with van der Waals surface area (Å²) in [4.78, 5) is 2.31. The Morgan fingerprint density at radius 3 is 3.05 bits per heavy atom. The summed E-state index contributed by atoms with van der Waals surface area (Å²) in [5.41, 5.74) is 0. The minimum Gasteiger partial charge on any atom is -0.464 e. The van der Waals surface area contributed by atoms with E-state index in [1.54, 1.807) is 6.20 Å². The van der Waals surface area contributed by atoms with Crippen LogP contribution in [-0.4, -0.2) is 29.3 Å². The van der Waals surface area contributed by atoms with Gasteiger partial charge in [-0.05, 0) is 44.0 Å². The van der Waals surface area contributed by atoms with Crippen molar-refractivity contribution in [3.8, 4) is 0 Å². The molecule has 1 saturated heterocycles. The van der Waals surface area contributed by atoms with Crippen LogP contribution in [0.5, 0.6) is 0 Å². The first kappa shape index (κ1) is 15.0. The normalized spacial score (nSPS) is 20.1. The number of nitrogens with one attached hydrogen (secondary N) is 1. The molecule has 1 aliphatic heterocycles. The molecule has 0 bridgehead atoms. The van der Waals surface area contributed by atoms with Crippen molar-refractivity contribution in [2.24, 2.45) is 0 Å². The van der Waals surface area contributed by atoms with Crippen LogP contribution in [0.1, 0.15) is 44.3 Å². The molecule has 5 heteroatoms. The number of anilines is 1. The molecule has 0 aliphatic carbocycles. The molecular weight excluding hydrogens is 276 g/mol. The van der Waals surface area contributed by atoms with Crippen molar-refractivity contribution in [2.75, 3.05) is 18.0 Å². The number of hydrogen-bond acceptors (Lipinski definition) is 5. The molecule has 2 aromatic heterocycles. The molecule has 0 saturated carbocycles. The summed E-state index contributed by atoms with van der Waals surface area (Å²) in [5.74, 6) is 3.04. The van der Waals surface area contributed by atoms with Crippen LogP contribution in [0, 0.1) is 0 Å². The molecule has 0 radical (unpaired) electrons. The molecule has 1 aliphatic rings. The van der Waals surface area contributed by atoms with Gasteiger partial charge in [-0.25, -0.2) is 0 Å². The molecule has 3 heterocycles. The fourth-order valence-corrected chi connectivity index (χ4v) is 3.04. The Balaban J connectivity index is 1.60. The lowest BCUT2D eigenvalue weighted by Gasteiger charge is -2.34. The summed E-state index contributed by atoms with van der Waals surface area (Å²) < 4.78 is 5.85. The predicted octanol–water partition coefficient (Wildman–Crippen LogP) is 2.95. The van der Waals surface area contributed by atoms with Gasteiger partial charge in [0.25, 0.3) is 0 Å². The third-order valence-corrected chi connectivity index (χ3v) is 4.25. The minimum atomic E-state index is 0.229. The van der Waals surface area contributed by atoms with Gasteiger partial charge in [-0.1, -0.05) is 6.92 Å². The Morgan fingerprint density at radius 1 is 1.41 bits per heavy atom. The molecule has 22 heavy (non-hydrogen) atoms. The summed E-state index contributed by atoms with van der Waals surface area (Å²) in [6.45, 7) is 6.29. The fraction of sp³-hybridized carbons (Fsp3) is 0.529. The topological polar surface area (TPSA) is 54.2 Å². The number of hydrogen-bond donors (Lipinski definition) is 1. The van der Waals surface area contributed by atoms with E-state index in [2.05, 4.69) is 46.4 Å². The highest BCUT2D eigenvalue weighted by atomic mass is 16.3. The third kappa shape index (κ3) is 3.47. The summed E-state index contributed by atoms with van der Waals surface area (Å²) >= 11 is 0. The zero-order valence-corrected chi connectivity index (χ0v) is 13.3. The molecule has 2 atom stereocenters. The average molecular weight is 300 g/mol. The van der Waals surface area contributed by atoms with Gasteiger partial charge in [0.2, 0.25) is 0 Å². The van der Waals surface area contributed by atoms with E-state index in [-0.39, 0.29) is 6.04 Å². The Labute approximate surface area is 131 Å². The molecule has 0 unspecified atom stereocenters. The third-order valence-electron chi connectivity index (χ3n) is 4.25. The molecule has 1 fully saturated rings. The van der Waals surface area contributed by atoms with E-state index in [1.165, 1.54) is 12.8 Å². The molecule has 0 spiro atoms. The van der Waals surface area contributed by atoms with Crippen LogP contribution in [0.3, 0.4) is 0 Å². The van der Waals surface area contributed by atoms with Crippen molar-refractivity contribution in [2.45, 2.75) is 45.2 Å². The largest absolute Gasteiger partial charge is 0.464 e. The molecule has 0 amide bonds. The van der Waals surface area contributed by atoms with Crippen molar-refractivity contribution in [1.29, 1.82) is 0 Å². The highest BCUT2D eigenvalue weighted by molar-refractivity contribution is 5.37. The predicted molar refractivity (Wildman–Crippen MR) is 86.9 cm³/mol. The molecule has 5 nitrogen and oxygen atoms in total. The quantitative estimate of drug-likeness (QED) is 0.920. The SMILES string of the molecule is CCc1ccc([C@@H](C)N[C@@H]2CCCN(c3cccnn3)C2)o1. The lowest BCUT2D eigenvalue weighted by atomic mass is 10.0. The van der Waals surface area contributed by atoms with Gasteiger partial charge in [0.05, 0.1) is 6.04 Å². The second-order valence-corrected chi connectivity index (χ2v) is 5.91. The van der Waals surface area contributed by atoms with Crippen molar-refractivity contribution in [1.82, 2.24) is 15.5 Å². The van der Waals surface area contributed by atoms with Crippen LogP contribution in [0.15, 0.2) is 34.9 Å². The first-order chi connectivity index (χ1) is 10.8. The smallest absolute Gasteiger partial charge is 0.151 e. The van der Waals surface area contributed by atoms with Crippen LogP contribution >= 0.6 is 0 Å². The maximum absolute atomic E-state index is 5.85. The van der Waals surface area contributed by atoms with Crippen LogP contribution in [0.25, 0.3) is 0 Å². The number of rotatable bonds is 5. The number of aryl methyl sites for hydroxylation is 1. The van der Waals surface area contributed by atoms with Crippen molar-refractivity contribution in [3.05, 3.63) is 42.0 Å². The van der Waals surface area contributed by atoms with Gasteiger partial charge in [0, 0.05) is 31.7 Å². The van der Waals surface area contributed by atoms with Gasteiger partial charge >= 0.3 is 0 Å². The summed E-state index contributed by atoms with van der Waals surface area (Å²) in [6.07, 6.45) is 5.01. The summed E-state index contributed by atoms with van der Waals surface area (Å²) in [7, 11) is 0. The fourth-order valence-electron chi connectivity index (χ4n) is 3.04. The number of aromatic nitrogens is 2. The van der Waals surface area contributed by atoms with E-state index < -0.39 is 0 Å². The van der Waals surface area contributed by atoms with Crippen LogP contribution in [-0.2, 0) is 6.42 Å². The van der Waals surface area contributed by atoms with Gasteiger partial charge in [-0.3, -0.25) is 0 Å². The van der Waals surface area contributed by atoms with E-state index >= 15 is 0 Å². The van der Waals surface area contributed by atoms with Crippen molar-refractivity contribution < 1.29 is 4.42 Å². The highest BCUT2D eigenvalue weighted by Gasteiger charge is 2.23. The van der Waals surface area contributed by atoms with Crippen LogP contribution in [0.2, 0.25) is 0 Å². The molecular formula is C17H24N4O. The standard InChI is InChI=1S/C17H24N4O/c1-3-15-8-9-16(22-15)13(2)19-14-6-5-11-21(12-14)17-7-4-10-18-20-17/h4,7-10,13-14,19H,3,5-6,11-12H2,1-2H3/t13-,14-/m1/s1. The zero-order chi connectivity index (χ0) is 15.4. The molecule has 0 aromatic carbocycles. The maximum atomic E-state index is 5.85. The Morgan fingerprint density at radius 2 is 2.32 bits per heavy atom. The molecule has 118 valence electrons. The number of piperidine rings is 1. The zero-order valence-electron chi connectivity index (χ0n) is 13.3. The van der Waals surface area contributed by atoms with Gasteiger partial charge in [0.1, 0.15) is 11.5 Å². The Kier molecular flexibility index (Phi) is 4.73. The van der Waals surface area contributed by atoms with E-state index in [0.717, 1.165) is 36.8 Å². The van der Waals surface area contributed by atoms with Gasteiger partial charge in [-0.2, -0.15) is 5.10 Å². The van der Waals surface area contributed by atoms with Crippen molar-refractivity contribution in [3.63, 3.8) is 0 Å². The van der Waals surface area contributed by atoms with Gasteiger partial charge in [0.15, 0.2) is 5.82 Å². The Hall–Kier alpha value is -1.88. The molecule has 2 aromatic rings. The van der Waals surface area contributed by atoms with E-state index in [1.807, 2.05) is 12.1 Å². The summed E-state index contributed by atoms with van der Waals surface area (Å²) in [6, 6.07) is 8.80. The minimum absolute atomic E-state index is 0.229. The molecule has 1 N–H and O–H groups in total. The van der Waals surface area contributed by atoms with Gasteiger partial charge in [-0.15, -0.1) is 5.10 Å². The first-order valence-electron chi connectivity index (χ1n) is 8.13. The maximum Gasteiger partial charge on any atom is 0.151 e. The van der Waals surface area contributed by atoms with Crippen molar-refractivity contribution >= 4 is 5.82 Å². The van der Waals surface area contributed by atoms with E-state index in [9.17, 15) is 0 Å². The monoisotopic (exact) mass is 300 g/mol. The van der Waals surface area contributed by atoms with Crippen LogP contribution < -0.4 is 10.2 Å².